The average molecular weight is 322 g/mol. The zero-order chi connectivity index (χ0) is 16.2. The minimum absolute atomic E-state index is 0.00437. The molecule has 5 nitrogen and oxygen atoms in total. The Balaban J connectivity index is 2.29. The van der Waals surface area contributed by atoms with Gasteiger partial charge >= 0.3 is 10.1 Å². The predicted molar refractivity (Wildman–Crippen MR) is 83.2 cm³/mol. The molecule has 0 aliphatic rings. The molecule has 0 spiro atoms. The summed E-state index contributed by atoms with van der Waals surface area (Å²) in [5.41, 5.74) is 1.11. The molecule has 0 heterocycles. The van der Waals surface area contributed by atoms with Crippen molar-refractivity contribution >= 4 is 10.1 Å². The van der Waals surface area contributed by atoms with Crippen LogP contribution in [0.4, 0.5) is 0 Å². The maximum atomic E-state index is 12.3. The van der Waals surface area contributed by atoms with E-state index >= 15 is 0 Å². The molecule has 2 aromatic carbocycles. The fourth-order valence-electron chi connectivity index (χ4n) is 1.93. The van der Waals surface area contributed by atoms with E-state index in [1.54, 1.807) is 12.1 Å². The number of methoxy groups -OCH3 is 2. The van der Waals surface area contributed by atoms with Crippen LogP contribution in [-0.4, -0.2) is 22.6 Å². The highest BCUT2D eigenvalue weighted by atomic mass is 32.2. The summed E-state index contributed by atoms with van der Waals surface area (Å²) < 4.78 is 39.9. The Morgan fingerprint density at radius 1 is 0.909 bits per heavy atom. The minimum Gasteiger partial charge on any atom is -0.493 e. The summed E-state index contributed by atoms with van der Waals surface area (Å²) in [6, 6.07) is 11.2. The van der Waals surface area contributed by atoms with Crippen molar-refractivity contribution in [3.8, 4) is 17.2 Å². The summed E-state index contributed by atoms with van der Waals surface area (Å²) >= 11 is 0. The first-order chi connectivity index (χ1) is 10.5. The van der Waals surface area contributed by atoms with E-state index in [0.717, 1.165) is 12.0 Å². The van der Waals surface area contributed by atoms with Gasteiger partial charge in [-0.3, -0.25) is 0 Å². The van der Waals surface area contributed by atoms with Gasteiger partial charge in [0.1, 0.15) is 10.6 Å². The Morgan fingerprint density at radius 2 is 1.55 bits per heavy atom. The molecule has 2 rings (SSSR count). The maximum Gasteiger partial charge on any atom is 0.339 e. The molecule has 0 atom stereocenters. The van der Waals surface area contributed by atoms with E-state index in [4.69, 9.17) is 13.7 Å². The molecular formula is C16H18O5S. The maximum absolute atomic E-state index is 12.3. The number of benzene rings is 2. The van der Waals surface area contributed by atoms with Gasteiger partial charge in [-0.2, -0.15) is 8.42 Å². The fraction of sp³-hybridized carbons (Fsp3) is 0.250. The van der Waals surface area contributed by atoms with Gasteiger partial charge < -0.3 is 13.7 Å². The van der Waals surface area contributed by atoms with E-state index in [9.17, 15) is 8.42 Å². The van der Waals surface area contributed by atoms with Crippen molar-refractivity contribution in [1.29, 1.82) is 0 Å². The highest BCUT2D eigenvalue weighted by Gasteiger charge is 2.19. The van der Waals surface area contributed by atoms with E-state index < -0.39 is 10.1 Å². The Labute approximate surface area is 130 Å². The van der Waals surface area contributed by atoms with Crippen molar-refractivity contribution < 1.29 is 22.1 Å². The van der Waals surface area contributed by atoms with Crippen molar-refractivity contribution in [3.05, 3.63) is 48.0 Å². The fourth-order valence-corrected chi connectivity index (χ4v) is 2.87. The van der Waals surface area contributed by atoms with Gasteiger partial charge in [0.05, 0.1) is 14.2 Å². The zero-order valence-electron chi connectivity index (χ0n) is 12.7. The van der Waals surface area contributed by atoms with Crippen LogP contribution in [0.2, 0.25) is 0 Å². The number of aryl methyl sites for hydroxylation is 1. The Bertz CT molecular complexity index is 736. The summed E-state index contributed by atoms with van der Waals surface area (Å²) in [6.45, 7) is 2.02. The van der Waals surface area contributed by atoms with E-state index in [2.05, 4.69) is 0 Å². The molecule has 0 saturated heterocycles. The SMILES string of the molecule is CCc1ccc(OS(=O)(=O)c2ccc(OC)c(OC)c2)cc1. The molecule has 0 aromatic heterocycles. The minimum atomic E-state index is -3.93. The lowest BCUT2D eigenvalue weighted by Gasteiger charge is -2.11. The van der Waals surface area contributed by atoms with Crippen LogP contribution in [0.1, 0.15) is 12.5 Å². The van der Waals surface area contributed by atoms with E-state index in [0.29, 0.717) is 11.5 Å². The molecule has 22 heavy (non-hydrogen) atoms. The standard InChI is InChI=1S/C16H18O5S/c1-4-12-5-7-13(8-6-12)21-22(17,18)14-9-10-15(19-2)16(11-14)20-3/h5-11H,4H2,1-3H3. The molecule has 0 fully saturated rings. The number of ether oxygens (including phenoxy) is 2. The van der Waals surface area contributed by atoms with Crippen molar-refractivity contribution in [2.24, 2.45) is 0 Å². The molecule has 6 heteroatoms. The molecule has 0 radical (unpaired) electrons. The van der Waals surface area contributed by atoms with Crippen LogP contribution in [0.25, 0.3) is 0 Å². The Hall–Kier alpha value is -2.21. The van der Waals surface area contributed by atoms with Gasteiger partial charge in [-0.1, -0.05) is 19.1 Å². The molecular weight excluding hydrogens is 304 g/mol. The van der Waals surface area contributed by atoms with Crippen molar-refractivity contribution in [3.63, 3.8) is 0 Å². The highest BCUT2D eigenvalue weighted by molar-refractivity contribution is 7.87. The summed E-state index contributed by atoms with van der Waals surface area (Å²) in [5, 5.41) is 0. The van der Waals surface area contributed by atoms with Gasteiger partial charge in [0.2, 0.25) is 0 Å². The molecule has 0 amide bonds. The van der Waals surface area contributed by atoms with Gasteiger partial charge in [0.15, 0.2) is 11.5 Å². The second-order valence-electron chi connectivity index (χ2n) is 4.55. The van der Waals surface area contributed by atoms with E-state index in [1.807, 2.05) is 19.1 Å². The normalized spacial score (nSPS) is 11.0. The lowest BCUT2D eigenvalue weighted by molar-refractivity contribution is 0.353. The third kappa shape index (κ3) is 3.51. The van der Waals surface area contributed by atoms with Crippen LogP contribution in [0, 0.1) is 0 Å². The van der Waals surface area contributed by atoms with Crippen LogP contribution < -0.4 is 13.7 Å². The number of hydrogen-bond donors (Lipinski definition) is 0. The molecule has 0 aliphatic carbocycles. The third-order valence-corrected chi connectivity index (χ3v) is 4.42. The third-order valence-electron chi connectivity index (χ3n) is 3.18. The van der Waals surface area contributed by atoms with Crippen LogP contribution in [-0.2, 0) is 16.5 Å². The number of rotatable bonds is 6. The Kier molecular flexibility index (Phi) is 4.92. The van der Waals surface area contributed by atoms with Gasteiger partial charge in [-0.15, -0.1) is 0 Å². The van der Waals surface area contributed by atoms with Gasteiger partial charge in [-0.05, 0) is 36.2 Å². The average Bonchev–Trinajstić information content (AvgIpc) is 2.54. The quantitative estimate of drug-likeness (QED) is 0.765. The first kappa shape index (κ1) is 16.2. The lowest BCUT2D eigenvalue weighted by atomic mass is 10.2. The monoisotopic (exact) mass is 322 g/mol. The molecule has 118 valence electrons. The lowest BCUT2D eigenvalue weighted by Crippen LogP contribution is -2.10. The first-order valence-electron chi connectivity index (χ1n) is 6.75. The molecule has 0 aliphatic heterocycles. The first-order valence-corrected chi connectivity index (χ1v) is 8.16. The smallest absolute Gasteiger partial charge is 0.339 e. The van der Waals surface area contributed by atoms with Crippen LogP contribution in [0.5, 0.6) is 17.2 Å². The predicted octanol–water partition coefficient (Wildman–Crippen LogP) is 3.03. The Morgan fingerprint density at radius 3 is 2.09 bits per heavy atom. The van der Waals surface area contributed by atoms with Gasteiger partial charge in [0, 0.05) is 6.07 Å². The van der Waals surface area contributed by atoms with Crippen molar-refractivity contribution in [2.45, 2.75) is 18.2 Å². The van der Waals surface area contributed by atoms with Crippen molar-refractivity contribution in [1.82, 2.24) is 0 Å². The molecule has 0 bridgehead atoms. The molecule has 0 N–H and O–H groups in total. The molecule has 0 unspecified atom stereocenters. The highest BCUT2D eigenvalue weighted by Crippen LogP contribution is 2.30. The zero-order valence-corrected chi connectivity index (χ0v) is 13.5. The topological polar surface area (TPSA) is 61.8 Å². The summed E-state index contributed by atoms with van der Waals surface area (Å²) in [4.78, 5) is 0.00437. The van der Waals surface area contributed by atoms with E-state index in [-0.39, 0.29) is 10.6 Å². The second-order valence-corrected chi connectivity index (χ2v) is 6.10. The largest absolute Gasteiger partial charge is 0.493 e. The summed E-state index contributed by atoms with van der Waals surface area (Å²) in [7, 11) is -0.999. The number of hydrogen-bond acceptors (Lipinski definition) is 5. The van der Waals surface area contributed by atoms with E-state index in [1.165, 1.54) is 32.4 Å². The van der Waals surface area contributed by atoms with Gasteiger partial charge in [-0.25, -0.2) is 0 Å². The van der Waals surface area contributed by atoms with Crippen LogP contribution in [0.15, 0.2) is 47.4 Å². The second kappa shape index (κ2) is 6.70. The van der Waals surface area contributed by atoms with Gasteiger partial charge in [0.25, 0.3) is 0 Å². The van der Waals surface area contributed by atoms with Crippen LogP contribution in [0.3, 0.4) is 0 Å². The van der Waals surface area contributed by atoms with Crippen molar-refractivity contribution in [2.75, 3.05) is 14.2 Å². The molecule has 0 saturated carbocycles. The summed E-state index contributed by atoms with van der Waals surface area (Å²) in [5.74, 6) is 1.05. The van der Waals surface area contributed by atoms with Crippen LogP contribution >= 0.6 is 0 Å². The summed E-state index contributed by atoms with van der Waals surface area (Å²) in [6.07, 6.45) is 0.878. The molecule has 2 aromatic rings.